The SMILES string of the molecule is COc1cscc1C(=O)Nc1cc(C(F)(F)F)ccc1N1CCOCC1. The summed E-state index contributed by atoms with van der Waals surface area (Å²) in [6, 6.07) is 3.36. The maximum Gasteiger partial charge on any atom is 0.416 e. The van der Waals surface area contributed by atoms with Gasteiger partial charge in [0.2, 0.25) is 0 Å². The number of hydrogen-bond donors (Lipinski definition) is 1. The molecule has 0 aliphatic carbocycles. The van der Waals surface area contributed by atoms with E-state index in [-0.39, 0.29) is 11.3 Å². The van der Waals surface area contributed by atoms with Crippen LogP contribution in [0, 0.1) is 0 Å². The quantitative estimate of drug-likeness (QED) is 0.867. The summed E-state index contributed by atoms with van der Waals surface area (Å²) in [5.41, 5.74) is 0.105. The van der Waals surface area contributed by atoms with Gasteiger partial charge in [0.25, 0.3) is 5.91 Å². The number of carbonyl (C=O) groups is 1. The van der Waals surface area contributed by atoms with Gasteiger partial charge in [-0.3, -0.25) is 4.79 Å². The topological polar surface area (TPSA) is 50.8 Å². The van der Waals surface area contributed by atoms with Gasteiger partial charge in [-0.05, 0) is 18.2 Å². The molecule has 1 aromatic heterocycles. The van der Waals surface area contributed by atoms with E-state index in [1.165, 1.54) is 24.5 Å². The molecule has 1 aliphatic rings. The molecule has 0 radical (unpaired) electrons. The summed E-state index contributed by atoms with van der Waals surface area (Å²) in [7, 11) is 1.43. The maximum atomic E-state index is 13.1. The van der Waals surface area contributed by atoms with Crippen molar-refractivity contribution in [2.75, 3.05) is 43.6 Å². The zero-order valence-electron chi connectivity index (χ0n) is 13.9. The molecular weight excluding hydrogens is 369 g/mol. The van der Waals surface area contributed by atoms with E-state index in [0.29, 0.717) is 37.7 Å². The highest BCUT2D eigenvalue weighted by atomic mass is 32.1. The Labute approximate surface area is 152 Å². The normalized spacial score (nSPS) is 15.0. The standard InChI is InChI=1S/C17H17F3N2O3S/c1-24-15-10-26-9-12(15)16(23)21-13-8-11(17(18,19)20)2-3-14(13)22-4-6-25-7-5-22/h2-3,8-10H,4-7H2,1H3,(H,21,23). The van der Waals surface area contributed by atoms with E-state index in [1.54, 1.807) is 10.8 Å². The molecule has 2 aromatic rings. The Morgan fingerprint density at radius 1 is 1.27 bits per heavy atom. The van der Waals surface area contributed by atoms with Crippen LogP contribution >= 0.6 is 11.3 Å². The van der Waals surface area contributed by atoms with Crippen LogP contribution in [0.25, 0.3) is 0 Å². The van der Waals surface area contributed by atoms with Crippen molar-refractivity contribution in [3.63, 3.8) is 0 Å². The molecule has 9 heteroatoms. The molecule has 0 atom stereocenters. The number of rotatable bonds is 4. The second-order valence-electron chi connectivity index (χ2n) is 5.64. The fraction of sp³-hybridized carbons (Fsp3) is 0.353. The van der Waals surface area contributed by atoms with E-state index < -0.39 is 17.6 Å². The molecule has 1 N–H and O–H groups in total. The van der Waals surface area contributed by atoms with Crippen molar-refractivity contribution in [2.24, 2.45) is 0 Å². The van der Waals surface area contributed by atoms with Gasteiger partial charge in [0.05, 0.1) is 42.8 Å². The van der Waals surface area contributed by atoms with Crippen LogP contribution in [0.15, 0.2) is 29.0 Å². The molecule has 1 saturated heterocycles. The minimum Gasteiger partial charge on any atom is -0.495 e. The smallest absolute Gasteiger partial charge is 0.416 e. The third-order valence-corrected chi connectivity index (χ3v) is 4.74. The van der Waals surface area contributed by atoms with Crippen molar-refractivity contribution >= 4 is 28.6 Å². The summed E-state index contributed by atoms with van der Waals surface area (Å²) < 4.78 is 49.7. The monoisotopic (exact) mass is 386 g/mol. The predicted octanol–water partition coefficient (Wildman–Crippen LogP) is 3.86. The van der Waals surface area contributed by atoms with Crippen molar-refractivity contribution in [3.8, 4) is 5.75 Å². The summed E-state index contributed by atoms with van der Waals surface area (Å²) >= 11 is 1.28. The molecule has 1 aliphatic heterocycles. The zero-order valence-corrected chi connectivity index (χ0v) is 14.7. The van der Waals surface area contributed by atoms with Gasteiger partial charge < -0.3 is 19.7 Å². The van der Waals surface area contributed by atoms with Crippen LogP contribution in [0.2, 0.25) is 0 Å². The molecule has 0 saturated carbocycles. The lowest BCUT2D eigenvalue weighted by atomic mass is 10.1. The van der Waals surface area contributed by atoms with E-state index in [4.69, 9.17) is 9.47 Å². The van der Waals surface area contributed by atoms with Crippen LogP contribution in [0.4, 0.5) is 24.5 Å². The molecule has 5 nitrogen and oxygen atoms in total. The Bertz CT molecular complexity index is 786. The van der Waals surface area contributed by atoms with Gasteiger partial charge in [0.1, 0.15) is 5.75 Å². The third-order valence-electron chi connectivity index (χ3n) is 4.01. The highest BCUT2D eigenvalue weighted by Gasteiger charge is 2.32. The molecule has 1 amide bonds. The van der Waals surface area contributed by atoms with Crippen molar-refractivity contribution in [1.29, 1.82) is 0 Å². The molecular formula is C17H17F3N2O3S. The molecule has 3 rings (SSSR count). The number of ether oxygens (including phenoxy) is 2. The summed E-state index contributed by atoms with van der Waals surface area (Å²) in [4.78, 5) is 14.4. The van der Waals surface area contributed by atoms with Gasteiger partial charge >= 0.3 is 6.18 Å². The number of halogens is 3. The van der Waals surface area contributed by atoms with Crippen molar-refractivity contribution in [1.82, 2.24) is 0 Å². The molecule has 26 heavy (non-hydrogen) atoms. The second kappa shape index (κ2) is 7.55. The fourth-order valence-electron chi connectivity index (χ4n) is 2.69. The molecule has 0 unspecified atom stereocenters. The molecule has 0 bridgehead atoms. The fourth-order valence-corrected chi connectivity index (χ4v) is 3.47. The minimum absolute atomic E-state index is 0.111. The third kappa shape index (κ3) is 3.94. The number of methoxy groups -OCH3 is 1. The van der Waals surface area contributed by atoms with E-state index in [9.17, 15) is 18.0 Å². The lowest BCUT2D eigenvalue weighted by Crippen LogP contribution is -2.36. The lowest BCUT2D eigenvalue weighted by Gasteiger charge is -2.31. The van der Waals surface area contributed by atoms with Crippen molar-refractivity contribution in [3.05, 3.63) is 40.1 Å². The summed E-state index contributed by atoms with van der Waals surface area (Å²) in [6.07, 6.45) is -4.50. The van der Waals surface area contributed by atoms with E-state index in [0.717, 1.165) is 12.1 Å². The Hall–Kier alpha value is -2.26. The Morgan fingerprint density at radius 2 is 2.00 bits per heavy atom. The average Bonchev–Trinajstić information content (AvgIpc) is 3.10. The first-order valence-corrected chi connectivity index (χ1v) is 8.80. The second-order valence-corrected chi connectivity index (χ2v) is 6.38. The number of hydrogen-bond acceptors (Lipinski definition) is 5. The van der Waals surface area contributed by atoms with Gasteiger partial charge in [-0.2, -0.15) is 13.2 Å². The molecule has 1 fully saturated rings. The van der Waals surface area contributed by atoms with Crippen LogP contribution in [-0.4, -0.2) is 39.3 Å². The van der Waals surface area contributed by atoms with Crippen molar-refractivity contribution < 1.29 is 27.4 Å². The van der Waals surface area contributed by atoms with Gasteiger partial charge in [-0.15, -0.1) is 11.3 Å². The van der Waals surface area contributed by atoms with Gasteiger partial charge in [0.15, 0.2) is 0 Å². The summed E-state index contributed by atoms with van der Waals surface area (Å²) in [6.45, 7) is 2.03. The highest BCUT2D eigenvalue weighted by molar-refractivity contribution is 7.08. The zero-order chi connectivity index (χ0) is 18.7. The minimum atomic E-state index is -4.50. The van der Waals surface area contributed by atoms with E-state index in [2.05, 4.69) is 5.32 Å². The highest BCUT2D eigenvalue weighted by Crippen LogP contribution is 2.36. The largest absolute Gasteiger partial charge is 0.495 e. The number of amides is 1. The van der Waals surface area contributed by atoms with Gasteiger partial charge in [-0.25, -0.2) is 0 Å². The summed E-state index contributed by atoms with van der Waals surface area (Å²) in [5, 5.41) is 5.85. The van der Waals surface area contributed by atoms with E-state index in [1.807, 2.05) is 4.90 Å². The average molecular weight is 386 g/mol. The van der Waals surface area contributed by atoms with Crippen molar-refractivity contribution in [2.45, 2.75) is 6.18 Å². The van der Waals surface area contributed by atoms with Crippen LogP contribution in [0.1, 0.15) is 15.9 Å². The number of nitrogens with zero attached hydrogens (tertiary/aromatic N) is 1. The number of thiophene rings is 1. The Kier molecular flexibility index (Phi) is 5.38. The molecule has 0 spiro atoms. The number of anilines is 2. The summed E-state index contributed by atoms with van der Waals surface area (Å²) in [5.74, 6) is -0.135. The molecule has 140 valence electrons. The molecule has 1 aromatic carbocycles. The van der Waals surface area contributed by atoms with Gasteiger partial charge in [-0.1, -0.05) is 0 Å². The number of benzene rings is 1. The predicted molar refractivity (Wildman–Crippen MR) is 93.3 cm³/mol. The first kappa shape index (κ1) is 18.5. The van der Waals surface area contributed by atoms with Crippen LogP contribution in [0.5, 0.6) is 5.75 Å². The Balaban J connectivity index is 1.95. The number of nitrogens with one attached hydrogen (secondary N) is 1. The number of carbonyl (C=O) groups excluding carboxylic acids is 1. The van der Waals surface area contributed by atoms with E-state index >= 15 is 0 Å². The van der Waals surface area contributed by atoms with Gasteiger partial charge in [0, 0.05) is 23.8 Å². The first-order valence-electron chi connectivity index (χ1n) is 7.85. The number of alkyl halides is 3. The van der Waals surface area contributed by atoms with Crippen LogP contribution < -0.4 is 15.0 Å². The lowest BCUT2D eigenvalue weighted by molar-refractivity contribution is -0.137. The molecule has 2 heterocycles. The first-order chi connectivity index (χ1) is 12.4. The van der Waals surface area contributed by atoms with Crippen LogP contribution in [-0.2, 0) is 10.9 Å². The van der Waals surface area contributed by atoms with Crippen LogP contribution in [0.3, 0.4) is 0 Å². The maximum absolute atomic E-state index is 13.1. The Morgan fingerprint density at radius 3 is 2.65 bits per heavy atom. The number of morpholine rings is 1.